The SMILES string of the molecule is CC(C)CONC(C)C(C)O. The van der Waals surface area contributed by atoms with Gasteiger partial charge in [0.2, 0.25) is 0 Å². The van der Waals surface area contributed by atoms with E-state index < -0.39 is 0 Å². The summed E-state index contributed by atoms with van der Waals surface area (Å²) in [5, 5.41) is 9.04. The van der Waals surface area contributed by atoms with Crippen LogP contribution in [0.25, 0.3) is 0 Å². The van der Waals surface area contributed by atoms with E-state index in [1.165, 1.54) is 0 Å². The van der Waals surface area contributed by atoms with Crippen molar-refractivity contribution in [2.75, 3.05) is 6.61 Å². The van der Waals surface area contributed by atoms with E-state index in [4.69, 9.17) is 9.94 Å². The van der Waals surface area contributed by atoms with Crippen molar-refractivity contribution in [2.24, 2.45) is 5.92 Å². The number of aliphatic hydroxyl groups excluding tert-OH is 1. The highest BCUT2D eigenvalue weighted by molar-refractivity contribution is 4.60. The lowest BCUT2D eigenvalue weighted by molar-refractivity contribution is -0.0239. The molecule has 0 bridgehead atoms. The summed E-state index contributed by atoms with van der Waals surface area (Å²) in [4.78, 5) is 5.11. The first-order chi connectivity index (χ1) is 5.04. The van der Waals surface area contributed by atoms with Gasteiger partial charge in [0.25, 0.3) is 0 Å². The molecule has 0 amide bonds. The van der Waals surface area contributed by atoms with Gasteiger partial charge in [0.15, 0.2) is 0 Å². The molecule has 0 aromatic rings. The summed E-state index contributed by atoms with van der Waals surface area (Å²) < 4.78 is 0. The fourth-order valence-electron chi connectivity index (χ4n) is 0.445. The molecule has 0 radical (unpaired) electrons. The molecule has 0 spiro atoms. The maximum absolute atomic E-state index is 9.04. The molecule has 3 nitrogen and oxygen atoms in total. The van der Waals surface area contributed by atoms with E-state index in [-0.39, 0.29) is 12.1 Å². The predicted molar refractivity (Wildman–Crippen MR) is 45.1 cm³/mol. The Morgan fingerprint density at radius 3 is 2.18 bits per heavy atom. The van der Waals surface area contributed by atoms with Gasteiger partial charge in [0.05, 0.1) is 18.8 Å². The highest BCUT2D eigenvalue weighted by Gasteiger charge is 2.07. The normalized spacial score (nSPS) is 16.9. The number of aliphatic hydroxyl groups is 1. The van der Waals surface area contributed by atoms with Crippen LogP contribution in [0, 0.1) is 5.92 Å². The summed E-state index contributed by atoms with van der Waals surface area (Å²) in [7, 11) is 0. The molecule has 0 aliphatic carbocycles. The summed E-state index contributed by atoms with van der Waals surface area (Å²) in [6, 6.07) is -0.00579. The first-order valence-corrected chi connectivity index (χ1v) is 4.09. The van der Waals surface area contributed by atoms with Crippen molar-refractivity contribution in [3.8, 4) is 0 Å². The Morgan fingerprint density at radius 1 is 1.27 bits per heavy atom. The Morgan fingerprint density at radius 2 is 1.82 bits per heavy atom. The zero-order valence-electron chi connectivity index (χ0n) is 7.79. The predicted octanol–water partition coefficient (Wildman–Crippen LogP) is 0.933. The monoisotopic (exact) mass is 161 g/mol. The average molecular weight is 161 g/mol. The summed E-state index contributed by atoms with van der Waals surface area (Å²) >= 11 is 0. The van der Waals surface area contributed by atoms with E-state index in [0.29, 0.717) is 12.5 Å². The van der Waals surface area contributed by atoms with Gasteiger partial charge >= 0.3 is 0 Å². The molecule has 11 heavy (non-hydrogen) atoms. The highest BCUT2D eigenvalue weighted by Crippen LogP contribution is 1.93. The van der Waals surface area contributed by atoms with Gasteiger partial charge in [0.1, 0.15) is 0 Å². The van der Waals surface area contributed by atoms with E-state index in [2.05, 4.69) is 19.3 Å². The quantitative estimate of drug-likeness (QED) is 0.589. The number of hydrogen-bond acceptors (Lipinski definition) is 3. The van der Waals surface area contributed by atoms with Crippen LogP contribution in [-0.2, 0) is 4.84 Å². The lowest BCUT2D eigenvalue weighted by Crippen LogP contribution is -2.36. The largest absolute Gasteiger partial charge is 0.392 e. The minimum atomic E-state index is -0.373. The van der Waals surface area contributed by atoms with Crippen LogP contribution in [0.3, 0.4) is 0 Å². The van der Waals surface area contributed by atoms with E-state index in [1.54, 1.807) is 6.92 Å². The van der Waals surface area contributed by atoms with Crippen LogP contribution in [0.1, 0.15) is 27.7 Å². The van der Waals surface area contributed by atoms with Gasteiger partial charge in [-0.25, -0.2) is 0 Å². The third-order valence-corrected chi connectivity index (χ3v) is 1.41. The molecule has 0 rings (SSSR count). The van der Waals surface area contributed by atoms with Gasteiger partial charge in [-0.3, -0.25) is 0 Å². The van der Waals surface area contributed by atoms with Crippen molar-refractivity contribution < 1.29 is 9.94 Å². The van der Waals surface area contributed by atoms with Crippen LogP contribution in [-0.4, -0.2) is 23.9 Å². The van der Waals surface area contributed by atoms with E-state index in [9.17, 15) is 0 Å². The molecule has 3 heteroatoms. The summed E-state index contributed by atoms with van der Waals surface area (Å²) in [6.45, 7) is 8.45. The summed E-state index contributed by atoms with van der Waals surface area (Å²) in [5.74, 6) is 0.517. The second kappa shape index (κ2) is 5.52. The van der Waals surface area contributed by atoms with E-state index in [0.717, 1.165) is 0 Å². The summed E-state index contributed by atoms with van der Waals surface area (Å²) in [6.07, 6.45) is -0.373. The number of nitrogens with one attached hydrogen (secondary N) is 1. The van der Waals surface area contributed by atoms with Crippen LogP contribution in [0.2, 0.25) is 0 Å². The molecule has 0 aromatic carbocycles. The topological polar surface area (TPSA) is 41.5 Å². The lowest BCUT2D eigenvalue weighted by Gasteiger charge is -2.16. The second-order valence-corrected chi connectivity index (χ2v) is 3.35. The van der Waals surface area contributed by atoms with Crippen molar-refractivity contribution in [1.29, 1.82) is 0 Å². The molecule has 0 heterocycles. The molecule has 0 aliphatic heterocycles. The molecule has 2 atom stereocenters. The zero-order chi connectivity index (χ0) is 8.85. The average Bonchev–Trinajstić information content (AvgIpc) is 1.86. The Bertz CT molecular complexity index is 94.1. The molecular weight excluding hydrogens is 142 g/mol. The minimum Gasteiger partial charge on any atom is -0.392 e. The molecule has 0 aliphatic rings. The van der Waals surface area contributed by atoms with Crippen molar-refractivity contribution >= 4 is 0 Å². The van der Waals surface area contributed by atoms with Gasteiger partial charge in [-0.15, -0.1) is 0 Å². The molecule has 0 fully saturated rings. The van der Waals surface area contributed by atoms with Crippen LogP contribution in [0.4, 0.5) is 0 Å². The van der Waals surface area contributed by atoms with Gasteiger partial charge in [0, 0.05) is 0 Å². The fraction of sp³-hybridized carbons (Fsp3) is 1.00. The van der Waals surface area contributed by atoms with Crippen LogP contribution in [0.5, 0.6) is 0 Å². The molecule has 0 saturated carbocycles. The number of rotatable bonds is 5. The van der Waals surface area contributed by atoms with Gasteiger partial charge in [-0.2, -0.15) is 5.48 Å². The van der Waals surface area contributed by atoms with Crippen LogP contribution in [0.15, 0.2) is 0 Å². The van der Waals surface area contributed by atoms with Crippen LogP contribution >= 0.6 is 0 Å². The highest BCUT2D eigenvalue weighted by atomic mass is 16.6. The van der Waals surface area contributed by atoms with E-state index in [1.807, 2.05) is 6.92 Å². The fourth-order valence-corrected chi connectivity index (χ4v) is 0.445. The van der Waals surface area contributed by atoms with Gasteiger partial charge in [-0.1, -0.05) is 13.8 Å². The Balaban J connectivity index is 3.24. The van der Waals surface area contributed by atoms with E-state index >= 15 is 0 Å². The smallest absolute Gasteiger partial charge is 0.0705 e. The lowest BCUT2D eigenvalue weighted by atomic mass is 10.2. The third-order valence-electron chi connectivity index (χ3n) is 1.41. The first kappa shape index (κ1) is 10.9. The van der Waals surface area contributed by atoms with Gasteiger partial charge < -0.3 is 9.94 Å². The second-order valence-electron chi connectivity index (χ2n) is 3.35. The standard InChI is InChI=1S/C8H19NO2/c1-6(2)5-11-9-7(3)8(4)10/h6-10H,5H2,1-4H3. The molecule has 0 saturated heterocycles. The van der Waals surface area contributed by atoms with Crippen molar-refractivity contribution in [3.63, 3.8) is 0 Å². The number of hydroxylamine groups is 1. The van der Waals surface area contributed by atoms with Crippen molar-refractivity contribution in [3.05, 3.63) is 0 Å². The van der Waals surface area contributed by atoms with Crippen LogP contribution < -0.4 is 5.48 Å². The molecule has 68 valence electrons. The molecule has 0 aromatic heterocycles. The molecular formula is C8H19NO2. The molecule has 2 unspecified atom stereocenters. The summed E-state index contributed by atoms with van der Waals surface area (Å²) in [5.41, 5.74) is 2.76. The Kier molecular flexibility index (Phi) is 5.46. The minimum absolute atomic E-state index is 0.00579. The first-order valence-electron chi connectivity index (χ1n) is 4.09. The zero-order valence-corrected chi connectivity index (χ0v) is 7.79. The van der Waals surface area contributed by atoms with Crippen molar-refractivity contribution in [2.45, 2.75) is 39.8 Å². The third kappa shape index (κ3) is 6.28. The Labute approximate surface area is 68.7 Å². The Hall–Kier alpha value is -0.120. The van der Waals surface area contributed by atoms with Gasteiger partial charge in [-0.05, 0) is 19.8 Å². The molecule has 2 N–H and O–H groups in total. The maximum Gasteiger partial charge on any atom is 0.0705 e. The number of hydrogen-bond donors (Lipinski definition) is 2. The van der Waals surface area contributed by atoms with Crippen molar-refractivity contribution in [1.82, 2.24) is 5.48 Å². The maximum atomic E-state index is 9.04.